The maximum absolute atomic E-state index is 12.9. The number of nitro benzene ring substituents is 1. The summed E-state index contributed by atoms with van der Waals surface area (Å²) in [5, 5.41) is 11.1. The summed E-state index contributed by atoms with van der Waals surface area (Å²) in [6, 6.07) is 5.18. The van der Waals surface area contributed by atoms with Crippen LogP contribution in [0, 0.1) is 10.1 Å². The molecule has 1 aromatic carbocycles. The maximum Gasteiger partial charge on any atom is 0.345 e. The van der Waals surface area contributed by atoms with Crippen molar-refractivity contribution in [3.63, 3.8) is 0 Å². The molecule has 0 fully saturated rings. The number of amides is 1. The number of nitro groups is 1. The topological polar surface area (TPSA) is 171 Å². The number of aromatic amines is 1. The van der Waals surface area contributed by atoms with Crippen molar-refractivity contribution >= 4 is 29.1 Å². The number of carbonyl (C=O) groups is 2. The fourth-order valence-corrected chi connectivity index (χ4v) is 3.05. The van der Waals surface area contributed by atoms with Crippen LogP contribution in [0.25, 0.3) is 0 Å². The Labute approximate surface area is 182 Å². The highest BCUT2D eigenvalue weighted by molar-refractivity contribution is 5.99. The highest BCUT2D eigenvalue weighted by Gasteiger charge is 2.26. The van der Waals surface area contributed by atoms with E-state index in [0.29, 0.717) is 19.3 Å². The summed E-state index contributed by atoms with van der Waals surface area (Å²) in [6.45, 7) is 3.25. The van der Waals surface area contributed by atoms with Crippen LogP contribution >= 0.6 is 0 Å². The normalized spacial score (nSPS) is 10.6. The number of aromatic nitrogens is 2. The zero-order valence-corrected chi connectivity index (χ0v) is 17.8. The van der Waals surface area contributed by atoms with E-state index < -0.39 is 40.3 Å². The van der Waals surface area contributed by atoms with E-state index in [9.17, 15) is 29.3 Å². The number of H-pyrrole nitrogens is 1. The third kappa shape index (κ3) is 5.39. The molecule has 1 aromatic heterocycles. The van der Waals surface area contributed by atoms with Gasteiger partial charge in [-0.3, -0.25) is 29.3 Å². The predicted octanol–water partition coefficient (Wildman–Crippen LogP) is 1.43. The molecule has 1 amide bonds. The minimum Gasteiger partial charge on any atom is -0.452 e. The zero-order chi connectivity index (χ0) is 23.8. The third-order valence-corrected chi connectivity index (χ3v) is 4.61. The minimum absolute atomic E-state index is 0.0932. The fraction of sp³-hybridized carbons (Fsp3) is 0.400. The first-order valence-electron chi connectivity index (χ1n) is 10.1. The number of carbonyl (C=O) groups excluding carboxylic acids is 2. The molecule has 0 unspecified atom stereocenters. The lowest BCUT2D eigenvalue weighted by atomic mass is 10.2. The Balaban J connectivity index is 2.33. The average Bonchev–Trinajstić information content (AvgIpc) is 2.76. The number of nitrogens with zero attached hydrogens (tertiary/aromatic N) is 3. The van der Waals surface area contributed by atoms with Crippen molar-refractivity contribution in [1.29, 1.82) is 0 Å². The molecule has 3 N–H and O–H groups in total. The second kappa shape index (κ2) is 10.9. The Hall–Kier alpha value is -3.96. The molecule has 0 atom stereocenters. The lowest BCUT2D eigenvalue weighted by molar-refractivity contribution is -0.385. The number of ether oxygens (including phenoxy) is 1. The van der Waals surface area contributed by atoms with Gasteiger partial charge in [0.2, 0.25) is 0 Å². The highest BCUT2D eigenvalue weighted by Crippen LogP contribution is 2.20. The monoisotopic (exact) mass is 447 g/mol. The van der Waals surface area contributed by atoms with Crippen LogP contribution in [0.3, 0.4) is 0 Å². The number of anilines is 2. The molecule has 0 saturated heterocycles. The van der Waals surface area contributed by atoms with E-state index in [1.165, 1.54) is 18.2 Å². The number of rotatable bonds is 10. The van der Waals surface area contributed by atoms with Crippen LogP contribution in [0.1, 0.15) is 43.5 Å². The molecule has 0 spiro atoms. The molecule has 2 rings (SSSR count). The Morgan fingerprint density at radius 2 is 1.91 bits per heavy atom. The quantitative estimate of drug-likeness (QED) is 0.313. The third-order valence-electron chi connectivity index (χ3n) is 4.61. The summed E-state index contributed by atoms with van der Waals surface area (Å²) < 4.78 is 6.14. The lowest BCUT2D eigenvalue weighted by Crippen LogP contribution is -2.43. The van der Waals surface area contributed by atoms with Gasteiger partial charge in [0, 0.05) is 19.2 Å². The molecular formula is C20H25N5O7. The molecule has 172 valence electrons. The molecule has 1 heterocycles. The number of benzene rings is 1. The molecule has 0 aliphatic rings. The van der Waals surface area contributed by atoms with Crippen molar-refractivity contribution in [2.45, 2.75) is 39.7 Å². The molecular weight excluding hydrogens is 422 g/mol. The first-order chi connectivity index (χ1) is 15.2. The van der Waals surface area contributed by atoms with Gasteiger partial charge in [-0.15, -0.1) is 0 Å². The Morgan fingerprint density at radius 1 is 1.22 bits per heavy atom. The Kier molecular flexibility index (Phi) is 8.27. The lowest BCUT2D eigenvalue weighted by Gasteiger charge is -2.24. The average molecular weight is 447 g/mol. The summed E-state index contributed by atoms with van der Waals surface area (Å²) in [6.07, 6.45) is 1.76. The minimum atomic E-state index is -1.06. The molecule has 12 nitrogen and oxygen atoms in total. The SMILES string of the molecule is CCCCN(C(=O)COC(=O)c1ccccc1[N+](=O)[O-])c1c(N)n(CCC)c(=O)[nH]c1=O. The second-order valence-corrected chi connectivity index (χ2v) is 6.89. The van der Waals surface area contributed by atoms with Gasteiger partial charge >= 0.3 is 11.7 Å². The maximum atomic E-state index is 12.9. The first kappa shape index (κ1) is 24.3. The number of nitrogens with two attached hydrogens (primary N) is 1. The summed E-state index contributed by atoms with van der Waals surface area (Å²) in [5.41, 5.74) is 3.54. The van der Waals surface area contributed by atoms with E-state index in [2.05, 4.69) is 4.98 Å². The number of unbranched alkanes of at least 4 members (excludes halogenated alkanes) is 1. The first-order valence-corrected chi connectivity index (χ1v) is 10.1. The van der Waals surface area contributed by atoms with Gasteiger partial charge in [0.15, 0.2) is 12.3 Å². The van der Waals surface area contributed by atoms with Crippen molar-refractivity contribution in [2.75, 3.05) is 23.8 Å². The number of hydrogen-bond donors (Lipinski definition) is 2. The van der Waals surface area contributed by atoms with Gasteiger partial charge < -0.3 is 15.4 Å². The van der Waals surface area contributed by atoms with Gasteiger partial charge in [0.25, 0.3) is 17.2 Å². The van der Waals surface area contributed by atoms with Crippen LogP contribution in [0.4, 0.5) is 17.2 Å². The van der Waals surface area contributed by atoms with Crippen molar-refractivity contribution < 1.29 is 19.2 Å². The van der Waals surface area contributed by atoms with Crippen LogP contribution in [0.15, 0.2) is 33.9 Å². The van der Waals surface area contributed by atoms with E-state index in [1.807, 2.05) is 13.8 Å². The largest absolute Gasteiger partial charge is 0.452 e. The van der Waals surface area contributed by atoms with Gasteiger partial charge in [-0.1, -0.05) is 32.4 Å². The molecule has 0 radical (unpaired) electrons. The highest BCUT2D eigenvalue weighted by atomic mass is 16.6. The zero-order valence-electron chi connectivity index (χ0n) is 17.8. The van der Waals surface area contributed by atoms with Crippen molar-refractivity contribution in [1.82, 2.24) is 9.55 Å². The van der Waals surface area contributed by atoms with Gasteiger partial charge in [0.05, 0.1) is 4.92 Å². The molecule has 0 aliphatic heterocycles. The summed E-state index contributed by atoms with van der Waals surface area (Å²) in [4.78, 5) is 63.3. The van der Waals surface area contributed by atoms with Crippen molar-refractivity contribution in [3.8, 4) is 0 Å². The number of esters is 1. The van der Waals surface area contributed by atoms with Crippen LogP contribution < -0.4 is 21.9 Å². The molecule has 0 bridgehead atoms. The van der Waals surface area contributed by atoms with E-state index in [4.69, 9.17) is 10.5 Å². The predicted molar refractivity (Wildman–Crippen MR) is 117 cm³/mol. The van der Waals surface area contributed by atoms with Crippen LogP contribution in [-0.2, 0) is 16.1 Å². The van der Waals surface area contributed by atoms with Gasteiger partial charge in [-0.05, 0) is 18.9 Å². The molecule has 2 aromatic rings. The molecule has 12 heteroatoms. The van der Waals surface area contributed by atoms with Crippen molar-refractivity contribution in [2.24, 2.45) is 0 Å². The smallest absolute Gasteiger partial charge is 0.345 e. The van der Waals surface area contributed by atoms with E-state index in [-0.39, 0.29) is 30.2 Å². The number of para-hydroxylation sites is 1. The summed E-state index contributed by atoms with van der Waals surface area (Å²) >= 11 is 0. The van der Waals surface area contributed by atoms with E-state index in [1.54, 1.807) is 0 Å². The van der Waals surface area contributed by atoms with Gasteiger partial charge in [-0.2, -0.15) is 0 Å². The fourth-order valence-electron chi connectivity index (χ4n) is 3.05. The van der Waals surface area contributed by atoms with Crippen molar-refractivity contribution in [3.05, 3.63) is 60.8 Å². The Bertz CT molecular complexity index is 1120. The second-order valence-electron chi connectivity index (χ2n) is 6.89. The summed E-state index contributed by atoms with van der Waals surface area (Å²) in [5.74, 6) is -1.99. The van der Waals surface area contributed by atoms with E-state index >= 15 is 0 Å². The van der Waals surface area contributed by atoms with Gasteiger partial charge in [0.1, 0.15) is 11.4 Å². The van der Waals surface area contributed by atoms with E-state index in [0.717, 1.165) is 15.5 Å². The Morgan fingerprint density at radius 3 is 2.53 bits per heavy atom. The summed E-state index contributed by atoms with van der Waals surface area (Å²) in [7, 11) is 0. The van der Waals surface area contributed by atoms with Gasteiger partial charge in [-0.25, -0.2) is 9.59 Å². The number of nitrogen functional groups attached to an aromatic ring is 1. The molecule has 0 saturated carbocycles. The van der Waals surface area contributed by atoms with Crippen LogP contribution in [0.2, 0.25) is 0 Å². The molecule has 0 aliphatic carbocycles. The standard InChI is InChI=1S/C20H25N5O7/c1-3-5-11-23(16-17(21)24(10-4-2)20(29)22-18(16)27)15(26)12-32-19(28)13-8-6-7-9-14(13)25(30)31/h6-9H,3-5,10-12,21H2,1-2H3,(H,22,27,29). The van der Waals surface area contributed by atoms with Crippen LogP contribution in [-0.4, -0.2) is 39.5 Å². The van der Waals surface area contributed by atoms with Crippen LogP contribution in [0.5, 0.6) is 0 Å². The number of hydrogen-bond acceptors (Lipinski definition) is 8. The molecule has 32 heavy (non-hydrogen) atoms. The number of nitrogens with one attached hydrogen (secondary N) is 1.